The van der Waals surface area contributed by atoms with Crippen molar-refractivity contribution in [3.8, 4) is 17.2 Å². The highest BCUT2D eigenvalue weighted by Gasteiger charge is 2.38. The minimum Gasteiger partial charge on any atom is -0.454 e. The lowest BCUT2D eigenvalue weighted by atomic mass is 10.2. The molecule has 4 aromatic rings. The van der Waals surface area contributed by atoms with E-state index in [-0.39, 0.29) is 47.8 Å². The van der Waals surface area contributed by atoms with E-state index in [2.05, 4.69) is 20.7 Å². The molecular formula is C27H18ClF5N6O5. The first kappa shape index (κ1) is 30.4. The van der Waals surface area contributed by atoms with Gasteiger partial charge in [-0.2, -0.15) is 23.0 Å². The van der Waals surface area contributed by atoms with E-state index in [0.29, 0.717) is 4.68 Å². The summed E-state index contributed by atoms with van der Waals surface area (Å²) in [5.41, 5.74) is -4.65. The molecule has 1 fully saturated rings. The average molecular weight is 637 g/mol. The summed E-state index contributed by atoms with van der Waals surface area (Å²) in [7, 11) is 0. The number of carbonyl (C=O) groups is 2. The molecule has 0 saturated carbocycles. The lowest BCUT2D eigenvalue weighted by molar-refractivity contribution is -0.138. The predicted octanol–water partition coefficient (Wildman–Crippen LogP) is 4.83. The molecule has 0 atom stereocenters. The number of ether oxygens (including phenoxy) is 1. The number of amides is 3. The molecule has 5 rings (SSSR count). The van der Waals surface area contributed by atoms with Gasteiger partial charge in [-0.3, -0.25) is 14.9 Å². The number of halogens is 6. The molecule has 2 aromatic heterocycles. The number of pyridine rings is 1. The lowest BCUT2D eigenvalue weighted by Gasteiger charge is -2.35. The van der Waals surface area contributed by atoms with E-state index >= 15 is 0 Å². The molecule has 0 bridgehead atoms. The van der Waals surface area contributed by atoms with Crippen LogP contribution in [0.15, 0.2) is 65.6 Å². The van der Waals surface area contributed by atoms with E-state index in [0.717, 1.165) is 36.4 Å². The number of likely N-dealkylation sites (tertiary alicyclic amines) is 1. The number of urea groups is 1. The number of benzene rings is 2. The van der Waals surface area contributed by atoms with Crippen LogP contribution in [-0.2, 0) is 6.18 Å². The first-order chi connectivity index (χ1) is 20.8. The van der Waals surface area contributed by atoms with Gasteiger partial charge in [0, 0.05) is 30.1 Å². The Hall–Kier alpha value is -5.09. The quantitative estimate of drug-likeness (QED) is 0.258. The lowest BCUT2D eigenvalue weighted by Crippen LogP contribution is -2.54. The summed E-state index contributed by atoms with van der Waals surface area (Å²) < 4.78 is 75.5. The van der Waals surface area contributed by atoms with Gasteiger partial charge in [-0.25, -0.2) is 18.6 Å². The number of aliphatic hydroxyl groups is 1. The van der Waals surface area contributed by atoms with Crippen molar-refractivity contribution in [2.75, 3.05) is 23.7 Å². The zero-order valence-corrected chi connectivity index (χ0v) is 22.7. The fraction of sp³-hybridized carbons (Fsp3) is 0.148. The van der Waals surface area contributed by atoms with E-state index in [4.69, 9.17) is 16.3 Å². The third-order valence-corrected chi connectivity index (χ3v) is 6.42. The van der Waals surface area contributed by atoms with Gasteiger partial charge >= 0.3 is 12.2 Å². The maximum Gasteiger partial charge on any atom is 0.418 e. The third kappa shape index (κ3) is 6.60. The van der Waals surface area contributed by atoms with Crippen molar-refractivity contribution < 1.29 is 41.4 Å². The Morgan fingerprint density at radius 2 is 1.75 bits per heavy atom. The van der Waals surface area contributed by atoms with Crippen LogP contribution in [0.1, 0.15) is 16.1 Å². The van der Waals surface area contributed by atoms with E-state index in [1.165, 1.54) is 23.2 Å². The number of alkyl halides is 3. The zero-order chi connectivity index (χ0) is 31.8. The molecule has 11 nitrogen and oxygen atoms in total. The van der Waals surface area contributed by atoms with Crippen molar-refractivity contribution in [3.63, 3.8) is 0 Å². The van der Waals surface area contributed by atoms with Gasteiger partial charge in [0.25, 0.3) is 11.5 Å². The van der Waals surface area contributed by atoms with Gasteiger partial charge in [0.1, 0.15) is 17.4 Å². The molecule has 1 aliphatic rings. The minimum absolute atomic E-state index is 0.0665. The van der Waals surface area contributed by atoms with E-state index in [9.17, 15) is 41.4 Å². The summed E-state index contributed by atoms with van der Waals surface area (Å²) in [5.74, 6) is -3.51. The van der Waals surface area contributed by atoms with Crippen LogP contribution >= 0.6 is 11.6 Å². The number of nitrogens with zero attached hydrogens (tertiary/aromatic N) is 4. The van der Waals surface area contributed by atoms with Crippen molar-refractivity contribution >= 4 is 35.0 Å². The summed E-state index contributed by atoms with van der Waals surface area (Å²) in [6, 6.07) is 8.13. The second-order valence-electron chi connectivity index (χ2n) is 9.32. The molecule has 228 valence electrons. The Morgan fingerprint density at radius 1 is 1.00 bits per heavy atom. The van der Waals surface area contributed by atoms with Crippen LogP contribution in [0.3, 0.4) is 0 Å². The molecule has 3 amide bonds. The van der Waals surface area contributed by atoms with Gasteiger partial charge in [0.2, 0.25) is 0 Å². The summed E-state index contributed by atoms with van der Waals surface area (Å²) in [6.07, 6.45) is -4.48. The number of anilines is 2. The Kier molecular flexibility index (Phi) is 8.21. The number of nitrogens with one attached hydrogen (secondary N) is 2. The number of hydrogen-bond acceptors (Lipinski definition) is 7. The summed E-state index contributed by atoms with van der Waals surface area (Å²) in [4.78, 5) is 42.8. The van der Waals surface area contributed by atoms with Crippen molar-refractivity contribution in [2.45, 2.75) is 12.3 Å². The van der Waals surface area contributed by atoms with Gasteiger partial charge < -0.3 is 20.1 Å². The van der Waals surface area contributed by atoms with Crippen LogP contribution in [0.25, 0.3) is 5.69 Å². The Labute approximate surface area is 248 Å². The van der Waals surface area contributed by atoms with Gasteiger partial charge in [0.15, 0.2) is 17.3 Å². The standard InChI is InChI=1S/C27H18ClF5N6O5/c28-18-8-14(2-3-19(18)29)39-23(41)10-17(27(31,32)33)24(37-39)25(42)35-13-1-4-21(20(30)7-13)44-16-5-6-34-22(9-16)36-26(43)38-11-15(40)12-38/h1-10,15,40H,11-12H2,(H,35,42)(H,34,36,43). The maximum absolute atomic E-state index is 14.9. The summed E-state index contributed by atoms with van der Waals surface area (Å²) >= 11 is 5.71. The molecule has 3 heterocycles. The molecule has 3 N–H and O–H groups in total. The maximum atomic E-state index is 14.9. The van der Waals surface area contributed by atoms with Crippen LogP contribution in [0.5, 0.6) is 11.5 Å². The Bertz CT molecular complexity index is 1830. The van der Waals surface area contributed by atoms with Crippen molar-refractivity contribution in [1.82, 2.24) is 19.7 Å². The van der Waals surface area contributed by atoms with E-state index in [1.807, 2.05) is 0 Å². The fourth-order valence-electron chi connectivity index (χ4n) is 3.97. The third-order valence-electron chi connectivity index (χ3n) is 6.13. The minimum atomic E-state index is -5.17. The number of hydrogen-bond donors (Lipinski definition) is 3. The van der Waals surface area contributed by atoms with Gasteiger partial charge in [-0.15, -0.1) is 0 Å². The molecule has 0 aliphatic carbocycles. The highest BCUT2D eigenvalue weighted by molar-refractivity contribution is 6.30. The molecule has 0 spiro atoms. The number of rotatable bonds is 6. The summed E-state index contributed by atoms with van der Waals surface area (Å²) in [5, 5.41) is 17.0. The topological polar surface area (TPSA) is 139 Å². The molecular weight excluding hydrogens is 619 g/mol. The fourth-order valence-corrected chi connectivity index (χ4v) is 4.15. The molecule has 2 aromatic carbocycles. The molecule has 17 heteroatoms. The predicted molar refractivity (Wildman–Crippen MR) is 145 cm³/mol. The zero-order valence-electron chi connectivity index (χ0n) is 21.9. The monoisotopic (exact) mass is 636 g/mol. The Balaban J connectivity index is 1.35. The van der Waals surface area contributed by atoms with Crippen molar-refractivity contribution in [3.05, 3.63) is 99.1 Å². The van der Waals surface area contributed by atoms with Crippen molar-refractivity contribution in [1.29, 1.82) is 0 Å². The van der Waals surface area contributed by atoms with Crippen molar-refractivity contribution in [2.24, 2.45) is 0 Å². The Morgan fingerprint density at radius 3 is 2.41 bits per heavy atom. The van der Waals surface area contributed by atoms with Gasteiger partial charge in [0.05, 0.1) is 35.5 Å². The number of β-amino-alcohol motifs (C(OH)–C–C–N with tert-alkyl or cyclic N) is 1. The molecule has 0 unspecified atom stereocenters. The molecule has 1 saturated heterocycles. The SMILES string of the molecule is O=C(Nc1ccc(Oc2ccnc(NC(=O)N3CC(O)C3)c2)c(F)c1)c1nn(-c2ccc(F)c(Cl)c2)c(=O)cc1C(F)(F)F. The average Bonchev–Trinajstić information content (AvgIpc) is 2.94. The second kappa shape index (κ2) is 11.9. The first-order valence-corrected chi connectivity index (χ1v) is 12.8. The number of carbonyl (C=O) groups excluding carboxylic acids is 2. The largest absolute Gasteiger partial charge is 0.454 e. The normalized spacial score (nSPS) is 13.3. The molecule has 1 aliphatic heterocycles. The molecule has 44 heavy (non-hydrogen) atoms. The smallest absolute Gasteiger partial charge is 0.418 e. The highest BCUT2D eigenvalue weighted by Crippen LogP contribution is 2.32. The van der Waals surface area contributed by atoms with Crippen LogP contribution in [-0.4, -0.2) is 55.9 Å². The second-order valence-corrected chi connectivity index (χ2v) is 9.73. The van der Waals surface area contributed by atoms with E-state index < -0.39 is 57.7 Å². The van der Waals surface area contributed by atoms with Crippen LogP contribution in [0, 0.1) is 11.6 Å². The van der Waals surface area contributed by atoms with Crippen LogP contribution < -0.4 is 20.9 Å². The number of aromatic nitrogens is 3. The van der Waals surface area contributed by atoms with Crippen LogP contribution in [0.4, 0.5) is 38.3 Å². The van der Waals surface area contributed by atoms with Gasteiger partial charge in [-0.1, -0.05) is 11.6 Å². The summed E-state index contributed by atoms with van der Waals surface area (Å²) in [6.45, 7) is 0.327. The van der Waals surface area contributed by atoms with Gasteiger partial charge in [-0.05, 0) is 36.4 Å². The number of aliphatic hydroxyl groups excluding tert-OH is 1. The first-order valence-electron chi connectivity index (χ1n) is 12.4. The molecule has 0 radical (unpaired) electrons. The van der Waals surface area contributed by atoms with Crippen LogP contribution in [0.2, 0.25) is 5.02 Å². The highest BCUT2D eigenvalue weighted by atomic mass is 35.5. The van der Waals surface area contributed by atoms with E-state index in [1.54, 1.807) is 0 Å².